The maximum atomic E-state index is 3.64. The van der Waals surface area contributed by atoms with Crippen LogP contribution in [0.2, 0.25) is 0 Å². The number of likely N-dealkylation sites (N-methyl/N-ethyl adjacent to an activating group) is 2. The Morgan fingerprint density at radius 1 is 1.37 bits per heavy atom. The highest BCUT2D eigenvalue weighted by Gasteiger charge is 2.22. The van der Waals surface area contributed by atoms with Crippen molar-refractivity contribution in [3.8, 4) is 0 Å². The van der Waals surface area contributed by atoms with Crippen LogP contribution in [0, 0.1) is 6.92 Å². The summed E-state index contributed by atoms with van der Waals surface area (Å²) < 4.78 is 1.20. The monoisotopic (exact) mass is 325 g/mol. The molecule has 0 radical (unpaired) electrons. The van der Waals surface area contributed by atoms with E-state index in [0.29, 0.717) is 6.04 Å². The van der Waals surface area contributed by atoms with Crippen LogP contribution >= 0.6 is 15.9 Å². The normalized spacial score (nSPS) is 21.5. The van der Waals surface area contributed by atoms with Crippen molar-refractivity contribution in [1.29, 1.82) is 0 Å². The molecule has 1 saturated heterocycles. The number of halogens is 1. The van der Waals surface area contributed by atoms with Gasteiger partial charge < -0.3 is 15.1 Å². The van der Waals surface area contributed by atoms with E-state index in [1.807, 2.05) is 7.05 Å². The van der Waals surface area contributed by atoms with Gasteiger partial charge in [-0.1, -0.05) is 22.0 Å². The van der Waals surface area contributed by atoms with Gasteiger partial charge in [-0.3, -0.25) is 0 Å². The lowest BCUT2D eigenvalue weighted by Crippen LogP contribution is -2.44. The molecule has 1 heterocycles. The van der Waals surface area contributed by atoms with Gasteiger partial charge in [0.1, 0.15) is 0 Å². The number of hydrogen-bond donors (Lipinski definition) is 1. The summed E-state index contributed by atoms with van der Waals surface area (Å²) in [5, 5.41) is 3.31. The molecule has 0 aromatic heterocycles. The first-order valence-corrected chi connectivity index (χ1v) is 7.77. The highest BCUT2D eigenvalue weighted by molar-refractivity contribution is 9.10. The molecular weight excluding hydrogens is 302 g/mol. The Morgan fingerprint density at radius 2 is 2.16 bits per heavy atom. The lowest BCUT2D eigenvalue weighted by Gasteiger charge is -2.30. The maximum Gasteiger partial charge on any atom is 0.0392 e. The Hall–Kier alpha value is -0.580. The average Bonchev–Trinajstić information content (AvgIpc) is 2.56. The quantitative estimate of drug-likeness (QED) is 0.921. The summed E-state index contributed by atoms with van der Waals surface area (Å²) in [5.74, 6) is 0. The van der Waals surface area contributed by atoms with E-state index in [1.54, 1.807) is 0 Å². The fourth-order valence-electron chi connectivity index (χ4n) is 2.65. The van der Waals surface area contributed by atoms with Crippen LogP contribution in [0.25, 0.3) is 0 Å². The van der Waals surface area contributed by atoms with Gasteiger partial charge >= 0.3 is 0 Å². The van der Waals surface area contributed by atoms with Gasteiger partial charge in [0.15, 0.2) is 0 Å². The number of anilines is 1. The molecule has 1 fully saturated rings. The molecule has 0 saturated carbocycles. The fourth-order valence-corrected chi connectivity index (χ4v) is 3.01. The second kappa shape index (κ2) is 6.73. The summed E-state index contributed by atoms with van der Waals surface area (Å²) in [7, 11) is 4.27. The minimum atomic E-state index is 0.576. The predicted molar refractivity (Wildman–Crippen MR) is 86.1 cm³/mol. The molecule has 1 atom stereocenters. The first kappa shape index (κ1) is 14.8. The molecule has 1 aliphatic heterocycles. The van der Waals surface area contributed by atoms with Crippen molar-refractivity contribution in [3.05, 3.63) is 28.2 Å². The smallest absolute Gasteiger partial charge is 0.0392 e. The third-order valence-corrected chi connectivity index (χ3v) is 4.81. The fraction of sp³-hybridized carbons (Fsp3) is 0.600. The largest absolute Gasteiger partial charge is 0.370 e. The first-order valence-electron chi connectivity index (χ1n) is 6.97. The van der Waals surface area contributed by atoms with Crippen LogP contribution in [0.4, 0.5) is 5.69 Å². The van der Waals surface area contributed by atoms with Gasteiger partial charge in [0.2, 0.25) is 0 Å². The summed E-state index contributed by atoms with van der Waals surface area (Å²) in [5.41, 5.74) is 2.62. The van der Waals surface area contributed by atoms with Gasteiger partial charge in [0.05, 0.1) is 0 Å². The molecule has 1 N–H and O–H groups in total. The Morgan fingerprint density at radius 3 is 2.84 bits per heavy atom. The van der Waals surface area contributed by atoms with Crippen molar-refractivity contribution in [2.45, 2.75) is 19.4 Å². The molecular formula is C15H24BrN3. The van der Waals surface area contributed by atoms with E-state index in [9.17, 15) is 0 Å². The Labute approximate surface area is 125 Å². The summed E-state index contributed by atoms with van der Waals surface area (Å²) in [6.07, 6.45) is 1.22. The molecule has 106 valence electrons. The predicted octanol–water partition coefficient (Wildman–Crippen LogP) is 2.49. The second-order valence-corrected chi connectivity index (χ2v) is 6.28. The van der Waals surface area contributed by atoms with Crippen LogP contribution < -0.4 is 10.2 Å². The highest BCUT2D eigenvalue weighted by Crippen LogP contribution is 2.25. The van der Waals surface area contributed by atoms with Crippen LogP contribution in [0.15, 0.2) is 22.7 Å². The lowest BCUT2D eigenvalue weighted by atomic mass is 10.2. The van der Waals surface area contributed by atoms with Gasteiger partial charge in [0.25, 0.3) is 0 Å². The van der Waals surface area contributed by atoms with E-state index < -0.39 is 0 Å². The molecule has 1 unspecified atom stereocenters. The molecule has 1 aromatic rings. The molecule has 0 amide bonds. The Kier molecular flexibility index (Phi) is 5.25. The van der Waals surface area contributed by atoms with Crippen LogP contribution in [0.5, 0.6) is 0 Å². The molecule has 1 aromatic carbocycles. The third kappa shape index (κ3) is 3.71. The second-order valence-electron chi connectivity index (χ2n) is 5.43. The van der Waals surface area contributed by atoms with Crippen molar-refractivity contribution in [2.75, 3.05) is 45.2 Å². The number of nitrogens with zero attached hydrogens (tertiary/aromatic N) is 2. The van der Waals surface area contributed by atoms with Gasteiger partial charge in [-0.15, -0.1) is 0 Å². The van der Waals surface area contributed by atoms with E-state index in [0.717, 1.165) is 19.6 Å². The Bertz CT molecular complexity index is 422. The summed E-state index contributed by atoms with van der Waals surface area (Å²) in [6, 6.07) is 7.26. The van der Waals surface area contributed by atoms with Crippen LogP contribution in [0.1, 0.15) is 12.0 Å². The highest BCUT2D eigenvalue weighted by atomic mass is 79.9. The van der Waals surface area contributed by atoms with E-state index in [4.69, 9.17) is 0 Å². The zero-order valence-corrected chi connectivity index (χ0v) is 13.7. The van der Waals surface area contributed by atoms with Gasteiger partial charge in [0, 0.05) is 35.8 Å². The number of rotatable bonds is 3. The van der Waals surface area contributed by atoms with Crippen molar-refractivity contribution in [2.24, 2.45) is 0 Å². The molecule has 2 rings (SSSR count). The lowest BCUT2D eigenvalue weighted by molar-refractivity contribution is 0.257. The number of aryl methyl sites for hydroxylation is 1. The van der Waals surface area contributed by atoms with Crippen molar-refractivity contribution in [1.82, 2.24) is 10.2 Å². The molecule has 4 heteroatoms. The topological polar surface area (TPSA) is 18.5 Å². The van der Waals surface area contributed by atoms with Crippen LogP contribution in [0.3, 0.4) is 0 Å². The zero-order valence-electron chi connectivity index (χ0n) is 12.1. The molecule has 0 aliphatic carbocycles. The van der Waals surface area contributed by atoms with Crippen molar-refractivity contribution in [3.63, 3.8) is 0 Å². The maximum absolute atomic E-state index is 3.64. The SMILES string of the molecule is CNCC1CN(c2ccc(C)c(Br)c2)CCCN1C. The van der Waals surface area contributed by atoms with Crippen LogP contribution in [-0.4, -0.2) is 51.2 Å². The van der Waals surface area contributed by atoms with Gasteiger partial charge in [-0.05, 0) is 51.7 Å². The number of benzene rings is 1. The van der Waals surface area contributed by atoms with E-state index in [1.165, 1.54) is 28.7 Å². The summed E-state index contributed by atoms with van der Waals surface area (Å²) in [4.78, 5) is 4.98. The molecule has 1 aliphatic rings. The number of hydrogen-bond acceptors (Lipinski definition) is 3. The van der Waals surface area contributed by atoms with Crippen LogP contribution in [-0.2, 0) is 0 Å². The molecule has 19 heavy (non-hydrogen) atoms. The summed E-state index contributed by atoms with van der Waals surface area (Å²) >= 11 is 3.64. The van der Waals surface area contributed by atoms with E-state index in [2.05, 4.69) is 63.2 Å². The van der Waals surface area contributed by atoms with E-state index in [-0.39, 0.29) is 0 Å². The molecule has 3 nitrogen and oxygen atoms in total. The summed E-state index contributed by atoms with van der Waals surface area (Å²) in [6.45, 7) is 6.58. The standard InChI is InChI=1S/C15H24BrN3/c1-12-5-6-13(9-15(12)16)19-8-4-7-18(3)14(11-19)10-17-2/h5-6,9,14,17H,4,7-8,10-11H2,1-3H3. The van der Waals surface area contributed by atoms with E-state index >= 15 is 0 Å². The molecule has 0 bridgehead atoms. The number of nitrogens with one attached hydrogen (secondary N) is 1. The zero-order chi connectivity index (χ0) is 13.8. The molecule has 0 spiro atoms. The van der Waals surface area contributed by atoms with Crippen molar-refractivity contribution < 1.29 is 0 Å². The minimum absolute atomic E-state index is 0.576. The Balaban J connectivity index is 2.15. The third-order valence-electron chi connectivity index (χ3n) is 3.95. The minimum Gasteiger partial charge on any atom is -0.370 e. The van der Waals surface area contributed by atoms with Gasteiger partial charge in [-0.25, -0.2) is 0 Å². The average molecular weight is 326 g/mol. The van der Waals surface area contributed by atoms with Gasteiger partial charge in [-0.2, -0.15) is 0 Å². The first-order chi connectivity index (χ1) is 9.11. The van der Waals surface area contributed by atoms with Crippen molar-refractivity contribution >= 4 is 21.6 Å².